The van der Waals surface area contributed by atoms with Gasteiger partial charge in [0, 0.05) is 75.8 Å². The molecule has 0 spiro atoms. The number of hydrogen-bond acceptors (Lipinski definition) is 8. The summed E-state index contributed by atoms with van der Waals surface area (Å²) >= 11 is 0. The molecular formula is C34H50N8. The zero-order chi connectivity index (χ0) is 29.1. The third kappa shape index (κ3) is 6.06. The topological polar surface area (TPSA) is 72.4 Å². The zero-order valence-corrected chi connectivity index (χ0v) is 26.3. The van der Waals surface area contributed by atoms with Crippen LogP contribution in [-0.4, -0.2) is 90.2 Å². The quantitative estimate of drug-likeness (QED) is 0.351. The van der Waals surface area contributed by atoms with Gasteiger partial charge in [-0.15, -0.1) is 0 Å². The first-order valence-electron chi connectivity index (χ1n) is 16.5. The Kier molecular flexibility index (Phi) is 9.10. The van der Waals surface area contributed by atoms with Crippen molar-refractivity contribution in [2.75, 3.05) is 68.9 Å². The van der Waals surface area contributed by atoms with E-state index in [-0.39, 0.29) is 0 Å². The molecule has 1 aromatic carbocycles. The molecule has 0 atom stereocenters. The summed E-state index contributed by atoms with van der Waals surface area (Å²) in [5.74, 6) is 1.73. The maximum absolute atomic E-state index is 5.28. The van der Waals surface area contributed by atoms with Gasteiger partial charge in [-0.3, -0.25) is 4.90 Å². The lowest BCUT2D eigenvalue weighted by atomic mass is 9.95. The molecule has 0 bridgehead atoms. The van der Waals surface area contributed by atoms with E-state index in [9.17, 15) is 0 Å². The predicted molar refractivity (Wildman–Crippen MR) is 176 cm³/mol. The van der Waals surface area contributed by atoms with Gasteiger partial charge >= 0.3 is 0 Å². The lowest BCUT2D eigenvalue weighted by molar-refractivity contribution is 0.0982. The van der Waals surface area contributed by atoms with Crippen molar-refractivity contribution in [1.82, 2.24) is 24.8 Å². The largest absolute Gasteiger partial charge is 0.371 e. The molecule has 8 nitrogen and oxygen atoms in total. The fourth-order valence-electron chi connectivity index (χ4n) is 7.27. The molecule has 42 heavy (non-hydrogen) atoms. The molecule has 2 aromatic heterocycles. The summed E-state index contributed by atoms with van der Waals surface area (Å²) in [7, 11) is 4.16. The Morgan fingerprint density at radius 2 is 1.60 bits per heavy atom. The molecule has 2 aliphatic heterocycles. The normalized spacial score (nSPS) is 19.9. The number of rotatable bonds is 8. The first-order chi connectivity index (χ1) is 20.6. The lowest BCUT2D eigenvalue weighted by Gasteiger charge is -2.43. The maximum atomic E-state index is 5.28. The van der Waals surface area contributed by atoms with Gasteiger partial charge in [0.2, 0.25) is 0 Å². The van der Waals surface area contributed by atoms with Gasteiger partial charge in [-0.2, -0.15) is 0 Å². The highest BCUT2D eigenvalue weighted by Crippen LogP contribution is 2.35. The number of nitrogens with one attached hydrogen (secondary N) is 2. The number of aromatic nitrogens is 3. The Bertz CT molecular complexity index is 1350. The summed E-state index contributed by atoms with van der Waals surface area (Å²) in [5, 5.41) is 7.04. The molecule has 1 aliphatic carbocycles. The van der Waals surface area contributed by atoms with E-state index in [1.54, 1.807) is 0 Å². The van der Waals surface area contributed by atoms with Crippen molar-refractivity contribution in [1.29, 1.82) is 0 Å². The van der Waals surface area contributed by atoms with Gasteiger partial charge in [-0.1, -0.05) is 39.2 Å². The summed E-state index contributed by atoms with van der Waals surface area (Å²) < 4.78 is 0. The second-order valence-corrected chi connectivity index (χ2v) is 12.6. The van der Waals surface area contributed by atoms with Crippen LogP contribution in [0.2, 0.25) is 0 Å². The molecular weight excluding hydrogens is 520 g/mol. The number of nitrogens with zero attached hydrogens (tertiary/aromatic N) is 6. The number of likely N-dealkylation sites (N-methyl/N-ethyl adjacent to an activating group) is 1. The highest BCUT2D eigenvalue weighted by Gasteiger charge is 2.28. The van der Waals surface area contributed by atoms with Crippen LogP contribution in [0.4, 0.5) is 17.3 Å². The highest BCUT2D eigenvalue weighted by atomic mass is 15.3. The van der Waals surface area contributed by atoms with Crippen LogP contribution in [0.15, 0.2) is 24.4 Å². The van der Waals surface area contributed by atoms with Crippen LogP contribution >= 0.6 is 0 Å². The predicted octanol–water partition coefficient (Wildman–Crippen LogP) is 5.82. The van der Waals surface area contributed by atoms with Crippen LogP contribution in [0.1, 0.15) is 70.1 Å². The average molecular weight is 571 g/mol. The van der Waals surface area contributed by atoms with Crippen molar-refractivity contribution >= 4 is 28.4 Å². The monoisotopic (exact) mass is 570 g/mol. The zero-order valence-electron chi connectivity index (χ0n) is 26.3. The molecule has 3 fully saturated rings. The van der Waals surface area contributed by atoms with Crippen LogP contribution in [0.25, 0.3) is 22.2 Å². The molecule has 3 aliphatic rings. The maximum Gasteiger partial charge on any atom is 0.153 e. The summed E-state index contributed by atoms with van der Waals surface area (Å²) in [5.41, 5.74) is 7.82. The van der Waals surface area contributed by atoms with E-state index in [2.05, 4.69) is 64.4 Å². The number of piperidine rings is 1. The molecule has 2 N–H and O–H groups in total. The molecule has 3 aromatic rings. The van der Waals surface area contributed by atoms with Gasteiger partial charge in [-0.25, -0.2) is 15.0 Å². The molecule has 8 heteroatoms. The van der Waals surface area contributed by atoms with Gasteiger partial charge in [0.05, 0.1) is 5.69 Å². The number of benzene rings is 1. The third-order valence-corrected chi connectivity index (χ3v) is 9.92. The van der Waals surface area contributed by atoms with Crippen LogP contribution < -0.4 is 15.5 Å². The van der Waals surface area contributed by atoms with Crippen molar-refractivity contribution in [2.24, 2.45) is 0 Å². The molecule has 226 valence electrons. The number of piperazine rings is 1. The van der Waals surface area contributed by atoms with E-state index in [1.807, 2.05) is 13.2 Å². The van der Waals surface area contributed by atoms with E-state index >= 15 is 0 Å². The smallest absolute Gasteiger partial charge is 0.153 e. The molecule has 4 heterocycles. The Labute approximate surface area is 252 Å². The molecule has 0 unspecified atom stereocenters. The van der Waals surface area contributed by atoms with Crippen LogP contribution in [-0.2, 0) is 12.8 Å². The number of hydrogen-bond donors (Lipinski definition) is 2. The Morgan fingerprint density at radius 3 is 2.29 bits per heavy atom. The van der Waals surface area contributed by atoms with Crippen molar-refractivity contribution in [3.05, 3.63) is 35.7 Å². The highest BCUT2D eigenvalue weighted by molar-refractivity contribution is 5.97. The Balaban J connectivity index is 1.28. The fourth-order valence-corrected chi connectivity index (χ4v) is 7.27. The molecule has 0 radical (unpaired) electrons. The molecule has 0 amide bonds. The van der Waals surface area contributed by atoms with Crippen LogP contribution in [0, 0.1) is 0 Å². The average Bonchev–Trinajstić information content (AvgIpc) is 3.04. The van der Waals surface area contributed by atoms with Crippen LogP contribution in [0.3, 0.4) is 0 Å². The van der Waals surface area contributed by atoms with Crippen molar-refractivity contribution in [2.45, 2.75) is 83.7 Å². The van der Waals surface area contributed by atoms with Gasteiger partial charge in [-0.05, 0) is 68.8 Å². The van der Waals surface area contributed by atoms with Gasteiger partial charge in [0.15, 0.2) is 5.82 Å². The Hall–Kier alpha value is -2.97. The molecule has 1 saturated carbocycles. The van der Waals surface area contributed by atoms with Gasteiger partial charge in [0.1, 0.15) is 16.9 Å². The SMILES string of the molecule is CCc1cc(-c2cnc(NC)c3nc(CC)c(NC4CCCCC4)nc23)ccc1N1CCC(N2CCN(C)CC2)CC1. The van der Waals surface area contributed by atoms with E-state index < -0.39 is 0 Å². The van der Waals surface area contributed by atoms with E-state index in [1.165, 1.54) is 87.9 Å². The van der Waals surface area contributed by atoms with E-state index in [0.29, 0.717) is 6.04 Å². The summed E-state index contributed by atoms with van der Waals surface area (Å²) in [6.45, 7) is 11.5. The number of aryl methyl sites for hydroxylation is 2. The number of anilines is 3. The van der Waals surface area contributed by atoms with Crippen molar-refractivity contribution in [3.8, 4) is 11.1 Å². The van der Waals surface area contributed by atoms with Crippen molar-refractivity contribution in [3.63, 3.8) is 0 Å². The molecule has 6 rings (SSSR count). The second-order valence-electron chi connectivity index (χ2n) is 12.6. The minimum Gasteiger partial charge on any atom is -0.371 e. The third-order valence-electron chi connectivity index (χ3n) is 9.92. The lowest BCUT2D eigenvalue weighted by Crippen LogP contribution is -2.52. The minimum absolute atomic E-state index is 0.483. The van der Waals surface area contributed by atoms with Crippen molar-refractivity contribution < 1.29 is 0 Å². The first-order valence-corrected chi connectivity index (χ1v) is 16.5. The summed E-state index contributed by atoms with van der Waals surface area (Å²) in [4.78, 5) is 23.0. The first kappa shape index (κ1) is 29.1. The fraction of sp³-hybridized carbons (Fsp3) is 0.618. The Morgan fingerprint density at radius 1 is 0.833 bits per heavy atom. The van der Waals surface area contributed by atoms with E-state index in [0.717, 1.165) is 65.9 Å². The summed E-state index contributed by atoms with van der Waals surface area (Å²) in [6.07, 6.45) is 12.7. The summed E-state index contributed by atoms with van der Waals surface area (Å²) in [6, 6.07) is 8.21. The van der Waals surface area contributed by atoms with Gasteiger partial charge in [0.25, 0.3) is 0 Å². The number of pyridine rings is 1. The minimum atomic E-state index is 0.483. The van der Waals surface area contributed by atoms with Crippen LogP contribution in [0.5, 0.6) is 0 Å². The standard InChI is InChI=1S/C34H50N8/c1-5-24-22-25(12-13-30(24)42-16-14-27(15-17-42)41-20-18-40(4)19-21-41)28-23-36-34(35-3)32-31(28)39-33(29(6-2)38-32)37-26-10-8-7-9-11-26/h12-13,22-23,26-27H,5-11,14-21H2,1-4H3,(H,35,36)(H,37,39). The van der Waals surface area contributed by atoms with E-state index in [4.69, 9.17) is 15.0 Å². The second kappa shape index (κ2) is 13.1. The van der Waals surface area contributed by atoms with Gasteiger partial charge < -0.3 is 20.4 Å². The molecule has 2 saturated heterocycles. The number of fused-ring (bicyclic) bond motifs is 1.